The molecule has 1 saturated heterocycles. The molecule has 52 heavy (non-hydrogen) atoms. The van der Waals surface area contributed by atoms with Crippen molar-refractivity contribution in [1.82, 2.24) is 14.8 Å². The second kappa shape index (κ2) is 16.2. The second-order valence-corrected chi connectivity index (χ2v) is 13.7. The summed E-state index contributed by atoms with van der Waals surface area (Å²) in [5.74, 6) is -3.97. The van der Waals surface area contributed by atoms with Crippen molar-refractivity contribution in [2.24, 2.45) is 5.92 Å². The number of pyridine rings is 1. The number of likely N-dealkylation sites (tertiary alicyclic amines) is 1. The molecule has 284 valence electrons. The van der Waals surface area contributed by atoms with Gasteiger partial charge in [-0.15, -0.1) is 0 Å². The zero-order chi connectivity index (χ0) is 38.7. The van der Waals surface area contributed by atoms with Gasteiger partial charge < -0.3 is 19.5 Å². The van der Waals surface area contributed by atoms with Gasteiger partial charge in [0.2, 0.25) is 5.91 Å². The van der Waals surface area contributed by atoms with Gasteiger partial charge in [-0.1, -0.05) is 26.0 Å². The van der Waals surface area contributed by atoms with Gasteiger partial charge in [0.25, 0.3) is 5.56 Å². The number of hydrogen-bond acceptors (Lipinski definition) is 5. The molecular weight excluding hydrogens is 695 g/mol. The van der Waals surface area contributed by atoms with Gasteiger partial charge >= 0.3 is 18.3 Å². The average Bonchev–Trinajstić information content (AvgIpc) is 3.01. The highest BCUT2D eigenvalue weighted by Crippen LogP contribution is 2.40. The van der Waals surface area contributed by atoms with E-state index in [9.17, 15) is 40.7 Å². The molecule has 0 spiro atoms. The van der Waals surface area contributed by atoms with Crippen molar-refractivity contribution in [3.05, 3.63) is 91.6 Å². The molecule has 1 aliphatic rings. The van der Waals surface area contributed by atoms with Crippen LogP contribution >= 0.6 is 0 Å². The van der Waals surface area contributed by atoms with Gasteiger partial charge in [0.05, 0.1) is 30.2 Å². The number of carbonyl (C=O) groups excluding carboxylic acids is 2. The van der Waals surface area contributed by atoms with Crippen LogP contribution in [-0.4, -0.2) is 47.6 Å². The van der Waals surface area contributed by atoms with Crippen LogP contribution < -0.4 is 10.9 Å². The molecule has 2 heterocycles. The predicted octanol–water partition coefficient (Wildman–Crippen LogP) is 8.26. The number of aromatic nitrogens is 1. The minimum atomic E-state index is -5.17. The van der Waals surface area contributed by atoms with Crippen molar-refractivity contribution in [3.63, 3.8) is 0 Å². The Morgan fingerprint density at radius 3 is 2.13 bits per heavy atom. The van der Waals surface area contributed by atoms with Crippen LogP contribution in [0.3, 0.4) is 0 Å². The molecular formula is C38H44F7N3O4. The molecule has 4 rings (SSSR count). The quantitative estimate of drug-likeness (QED) is 0.141. The van der Waals surface area contributed by atoms with Crippen molar-refractivity contribution in [1.29, 1.82) is 0 Å². The van der Waals surface area contributed by atoms with Crippen LogP contribution in [0.25, 0.3) is 11.1 Å². The van der Waals surface area contributed by atoms with E-state index in [0.29, 0.717) is 35.4 Å². The van der Waals surface area contributed by atoms with Crippen molar-refractivity contribution in [2.45, 2.75) is 91.7 Å². The molecule has 2 atom stereocenters. The van der Waals surface area contributed by atoms with E-state index in [1.165, 1.54) is 6.92 Å². The van der Waals surface area contributed by atoms with E-state index in [4.69, 9.17) is 4.74 Å². The largest absolute Gasteiger partial charge is 0.466 e. The number of ether oxygens (including phenoxy) is 1. The number of amides is 1. The van der Waals surface area contributed by atoms with E-state index in [1.54, 1.807) is 46.8 Å². The fourth-order valence-corrected chi connectivity index (χ4v) is 6.52. The number of nitrogens with one attached hydrogen (secondary N) is 1. The first-order valence-corrected chi connectivity index (χ1v) is 17.2. The fourth-order valence-electron chi connectivity index (χ4n) is 6.52. The van der Waals surface area contributed by atoms with Crippen LogP contribution in [0.5, 0.6) is 0 Å². The monoisotopic (exact) mass is 739 g/mol. The lowest BCUT2D eigenvalue weighted by molar-refractivity contribution is -0.144. The van der Waals surface area contributed by atoms with Gasteiger partial charge in [-0.3, -0.25) is 14.4 Å². The van der Waals surface area contributed by atoms with Gasteiger partial charge in [0, 0.05) is 24.4 Å². The molecule has 0 bridgehead atoms. The Labute approximate surface area is 298 Å². The molecule has 1 aliphatic heterocycles. The predicted molar refractivity (Wildman–Crippen MR) is 182 cm³/mol. The minimum Gasteiger partial charge on any atom is -0.466 e. The van der Waals surface area contributed by atoms with Crippen LogP contribution in [0.2, 0.25) is 0 Å². The number of benzene rings is 2. The Kier molecular flexibility index (Phi) is 12.7. The van der Waals surface area contributed by atoms with Crippen LogP contribution in [0, 0.1) is 32.5 Å². The number of carbonyl (C=O) groups is 2. The first kappa shape index (κ1) is 40.6. The fraction of sp³-hybridized carbons (Fsp3) is 0.500. The zero-order valence-electron chi connectivity index (χ0n) is 30.0. The van der Waals surface area contributed by atoms with Crippen molar-refractivity contribution < 1.29 is 45.1 Å². The number of rotatable bonds is 13. The normalized spacial score (nSPS) is 15.0. The molecule has 1 amide bonds. The number of aryl methyl sites for hydroxylation is 2. The molecule has 1 unspecified atom stereocenters. The van der Waals surface area contributed by atoms with Crippen LogP contribution in [0.4, 0.5) is 30.7 Å². The molecule has 1 N–H and O–H groups in total. The molecule has 0 aliphatic carbocycles. The molecule has 0 radical (unpaired) electrons. The van der Waals surface area contributed by atoms with Gasteiger partial charge in [-0.25, -0.2) is 4.39 Å². The van der Waals surface area contributed by atoms with Crippen molar-refractivity contribution in [3.8, 4) is 11.1 Å². The zero-order valence-corrected chi connectivity index (χ0v) is 30.0. The van der Waals surface area contributed by atoms with Crippen LogP contribution in [-0.2, 0) is 33.1 Å². The van der Waals surface area contributed by atoms with Gasteiger partial charge in [0.15, 0.2) is 0 Å². The Morgan fingerprint density at radius 1 is 0.942 bits per heavy atom. The summed E-state index contributed by atoms with van der Waals surface area (Å²) in [6, 6.07) is 2.60. The number of halogens is 7. The summed E-state index contributed by atoms with van der Waals surface area (Å²) < 4.78 is 107. The third-order valence-corrected chi connectivity index (χ3v) is 9.45. The first-order valence-electron chi connectivity index (χ1n) is 17.2. The lowest BCUT2D eigenvalue weighted by Gasteiger charge is -2.31. The van der Waals surface area contributed by atoms with Crippen LogP contribution in [0.1, 0.15) is 91.1 Å². The molecule has 2 aromatic carbocycles. The lowest BCUT2D eigenvalue weighted by atomic mass is 9.88. The maximum Gasteiger partial charge on any atom is 0.419 e. The number of hydrogen-bond donors (Lipinski definition) is 1. The highest BCUT2D eigenvalue weighted by Gasteiger charge is 2.39. The summed E-state index contributed by atoms with van der Waals surface area (Å²) in [4.78, 5) is 42.3. The number of nitrogens with zero attached hydrogens (tertiary/aromatic N) is 2. The molecule has 0 saturated carbocycles. The third kappa shape index (κ3) is 9.42. The number of esters is 1. The molecule has 1 aromatic heterocycles. The first-order chi connectivity index (χ1) is 24.2. The van der Waals surface area contributed by atoms with E-state index >= 15 is 4.39 Å². The standard InChI is InChI=1S/C38H44F7N3O4/c1-7-52-33(50)19-30(27-16-26(17-29(35(27)39)38(43,44)45)34-23(5)10-9-22(4)24(34)6)46-36(51)31(15-21(2)3)48-20-25(11-14-47-12-8-13-47)28(18-32(48)49)37(40,41)42/h9-10,16-18,20-21,30-31H,7-8,11-15,19H2,1-6H3,(H,46,51)/t30-,31?/m0/s1. The highest BCUT2D eigenvalue weighted by molar-refractivity contribution is 5.82. The van der Waals surface area contributed by atoms with Gasteiger partial charge in [-0.05, 0) is 111 Å². The summed E-state index contributed by atoms with van der Waals surface area (Å²) in [7, 11) is 0. The van der Waals surface area contributed by atoms with Gasteiger partial charge in [-0.2, -0.15) is 26.3 Å². The maximum atomic E-state index is 16.1. The van der Waals surface area contributed by atoms with E-state index < -0.39 is 70.8 Å². The summed E-state index contributed by atoms with van der Waals surface area (Å²) in [6.07, 6.45) is -9.02. The Bertz CT molecular complexity index is 1850. The SMILES string of the molecule is CCOC(=O)C[C@H](NC(=O)C(CC(C)C)n1cc(CCN2CCC2)c(C(F)(F)F)cc1=O)c1cc(-c2c(C)ccc(C)c2C)cc(C(F)(F)F)c1F. The molecule has 3 aromatic rings. The smallest absolute Gasteiger partial charge is 0.419 e. The van der Waals surface area contributed by atoms with E-state index in [-0.39, 0.29) is 36.5 Å². The number of alkyl halides is 6. The molecule has 7 nitrogen and oxygen atoms in total. The summed E-state index contributed by atoms with van der Waals surface area (Å²) in [5, 5.41) is 2.49. The Morgan fingerprint density at radius 2 is 1.58 bits per heavy atom. The van der Waals surface area contributed by atoms with E-state index in [2.05, 4.69) is 5.32 Å². The van der Waals surface area contributed by atoms with Gasteiger partial charge in [0.1, 0.15) is 11.9 Å². The minimum absolute atomic E-state index is 0.00457. The Balaban J connectivity index is 1.87. The van der Waals surface area contributed by atoms with E-state index in [0.717, 1.165) is 41.9 Å². The maximum absolute atomic E-state index is 16.1. The summed E-state index contributed by atoms with van der Waals surface area (Å²) >= 11 is 0. The second-order valence-electron chi connectivity index (χ2n) is 13.7. The highest BCUT2D eigenvalue weighted by atomic mass is 19.4. The summed E-state index contributed by atoms with van der Waals surface area (Å²) in [5.41, 5.74) is -2.32. The Hall–Kier alpha value is -4.20. The summed E-state index contributed by atoms with van der Waals surface area (Å²) in [6.45, 7) is 11.7. The lowest BCUT2D eigenvalue weighted by Crippen LogP contribution is -2.41. The van der Waals surface area contributed by atoms with Crippen molar-refractivity contribution >= 4 is 11.9 Å². The van der Waals surface area contributed by atoms with Crippen LogP contribution in [0.15, 0.2) is 41.3 Å². The topological polar surface area (TPSA) is 80.6 Å². The van der Waals surface area contributed by atoms with Crippen molar-refractivity contribution in [2.75, 3.05) is 26.2 Å². The average molecular weight is 740 g/mol. The molecule has 14 heteroatoms. The molecule has 1 fully saturated rings. The third-order valence-electron chi connectivity index (χ3n) is 9.45. The van der Waals surface area contributed by atoms with E-state index in [1.807, 2.05) is 4.90 Å².